The molecule has 140 valence electrons. The van der Waals surface area contributed by atoms with E-state index < -0.39 is 0 Å². The number of carbonyl (C=O) groups is 1. The standard InChI is InChI=1S/C17H29N5O3/c1-13(2)16-18-17(25-19-16)14(3)21-6-4-20(5-7-21)12-15(23)22-8-10-24-11-9-22/h13-14H,4-12H2,1-3H3. The van der Waals surface area contributed by atoms with E-state index >= 15 is 0 Å². The molecule has 8 nitrogen and oxygen atoms in total. The summed E-state index contributed by atoms with van der Waals surface area (Å²) in [6, 6.07) is 0.108. The Bertz CT molecular complexity index is 562. The van der Waals surface area contributed by atoms with Crippen molar-refractivity contribution in [2.75, 3.05) is 59.0 Å². The summed E-state index contributed by atoms with van der Waals surface area (Å²) < 4.78 is 10.7. The van der Waals surface area contributed by atoms with E-state index in [0.29, 0.717) is 38.7 Å². The molecule has 8 heteroatoms. The summed E-state index contributed by atoms with van der Waals surface area (Å²) in [6.07, 6.45) is 0. The Kier molecular flexibility index (Phi) is 6.03. The summed E-state index contributed by atoms with van der Waals surface area (Å²) in [5, 5.41) is 4.05. The second kappa shape index (κ2) is 8.25. The molecule has 0 bridgehead atoms. The van der Waals surface area contributed by atoms with Crippen molar-refractivity contribution in [3.8, 4) is 0 Å². The molecule has 2 aliphatic rings. The minimum absolute atomic E-state index is 0.108. The van der Waals surface area contributed by atoms with Crippen LogP contribution in [0.15, 0.2) is 4.52 Å². The van der Waals surface area contributed by atoms with E-state index in [2.05, 4.69) is 40.7 Å². The quantitative estimate of drug-likeness (QED) is 0.774. The summed E-state index contributed by atoms with van der Waals surface area (Å²) in [7, 11) is 0. The highest BCUT2D eigenvalue weighted by Crippen LogP contribution is 2.21. The Balaban J connectivity index is 1.46. The maximum Gasteiger partial charge on any atom is 0.243 e. The fourth-order valence-electron chi connectivity index (χ4n) is 3.22. The highest BCUT2D eigenvalue weighted by molar-refractivity contribution is 5.78. The lowest BCUT2D eigenvalue weighted by atomic mass is 10.2. The molecule has 1 aromatic heterocycles. The van der Waals surface area contributed by atoms with E-state index in [1.807, 2.05) is 4.90 Å². The monoisotopic (exact) mass is 351 g/mol. The maximum atomic E-state index is 12.4. The Morgan fingerprint density at radius 3 is 2.36 bits per heavy atom. The summed E-state index contributed by atoms with van der Waals surface area (Å²) in [4.78, 5) is 23.3. The molecule has 2 fully saturated rings. The molecule has 3 heterocycles. The minimum Gasteiger partial charge on any atom is -0.378 e. The lowest BCUT2D eigenvalue weighted by molar-refractivity contribution is -0.137. The van der Waals surface area contributed by atoms with Crippen molar-refractivity contribution < 1.29 is 14.1 Å². The third-order valence-corrected chi connectivity index (χ3v) is 5.01. The van der Waals surface area contributed by atoms with Crippen molar-refractivity contribution in [2.24, 2.45) is 0 Å². The predicted octanol–water partition coefficient (Wildman–Crippen LogP) is 0.730. The van der Waals surface area contributed by atoms with E-state index in [4.69, 9.17) is 9.26 Å². The number of nitrogens with zero attached hydrogens (tertiary/aromatic N) is 5. The second-order valence-electron chi connectivity index (χ2n) is 7.13. The van der Waals surface area contributed by atoms with E-state index in [0.717, 1.165) is 32.0 Å². The number of hydrogen-bond donors (Lipinski definition) is 0. The van der Waals surface area contributed by atoms with Crippen LogP contribution in [-0.4, -0.2) is 89.8 Å². The lowest BCUT2D eigenvalue weighted by Crippen LogP contribution is -2.51. The third-order valence-electron chi connectivity index (χ3n) is 5.01. The normalized spacial score (nSPS) is 21.7. The molecule has 1 aromatic rings. The number of rotatable bonds is 5. The third kappa shape index (κ3) is 4.56. The Hall–Kier alpha value is -1.51. The number of amides is 1. The second-order valence-corrected chi connectivity index (χ2v) is 7.13. The molecule has 0 N–H and O–H groups in total. The molecule has 1 amide bonds. The van der Waals surface area contributed by atoms with Crippen LogP contribution in [-0.2, 0) is 9.53 Å². The maximum absolute atomic E-state index is 12.4. The molecule has 25 heavy (non-hydrogen) atoms. The molecule has 0 saturated carbocycles. The summed E-state index contributed by atoms with van der Waals surface area (Å²) in [5.74, 6) is 1.93. The van der Waals surface area contributed by atoms with Crippen LogP contribution < -0.4 is 0 Å². The zero-order chi connectivity index (χ0) is 17.8. The van der Waals surface area contributed by atoms with Crippen molar-refractivity contribution in [3.63, 3.8) is 0 Å². The van der Waals surface area contributed by atoms with E-state index in [-0.39, 0.29) is 17.9 Å². The van der Waals surface area contributed by atoms with Gasteiger partial charge >= 0.3 is 0 Å². The van der Waals surface area contributed by atoms with Crippen molar-refractivity contribution in [3.05, 3.63) is 11.7 Å². The highest BCUT2D eigenvalue weighted by Gasteiger charge is 2.28. The molecule has 0 spiro atoms. The molecule has 0 radical (unpaired) electrons. The first-order chi connectivity index (χ1) is 12.0. The number of piperazine rings is 1. The van der Waals surface area contributed by atoms with Crippen LogP contribution in [0.2, 0.25) is 0 Å². The summed E-state index contributed by atoms with van der Waals surface area (Å²) in [5.41, 5.74) is 0. The van der Waals surface area contributed by atoms with Gasteiger partial charge in [-0.3, -0.25) is 14.6 Å². The van der Waals surface area contributed by atoms with Crippen molar-refractivity contribution in [1.82, 2.24) is 24.8 Å². The van der Waals surface area contributed by atoms with Crippen molar-refractivity contribution in [2.45, 2.75) is 32.7 Å². The van der Waals surface area contributed by atoms with Crippen LogP contribution in [0.4, 0.5) is 0 Å². The van der Waals surface area contributed by atoms with Crippen LogP contribution in [0.5, 0.6) is 0 Å². The Morgan fingerprint density at radius 2 is 1.76 bits per heavy atom. The number of ether oxygens (including phenoxy) is 1. The van der Waals surface area contributed by atoms with Gasteiger partial charge in [-0.05, 0) is 6.92 Å². The molecule has 2 aliphatic heterocycles. The van der Waals surface area contributed by atoms with Crippen LogP contribution in [0.25, 0.3) is 0 Å². The van der Waals surface area contributed by atoms with E-state index in [9.17, 15) is 4.79 Å². The van der Waals surface area contributed by atoms with Crippen LogP contribution in [0.3, 0.4) is 0 Å². The molecule has 0 aromatic carbocycles. The van der Waals surface area contributed by atoms with Crippen LogP contribution in [0.1, 0.15) is 44.4 Å². The minimum atomic E-state index is 0.108. The van der Waals surface area contributed by atoms with Gasteiger partial charge < -0.3 is 14.2 Å². The summed E-state index contributed by atoms with van der Waals surface area (Å²) in [6.45, 7) is 13.0. The average molecular weight is 351 g/mol. The summed E-state index contributed by atoms with van der Waals surface area (Å²) >= 11 is 0. The molecule has 1 atom stereocenters. The van der Waals surface area contributed by atoms with Crippen molar-refractivity contribution >= 4 is 5.91 Å². The predicted molar refractivity (Wildman–Crippen MR) is 92.2 cm³/mol. The SMILES string of the molecule is CC(C)c1noc(C(C)N2CCN(CC(=O)N3CCOCC3)CC2)n1. The first kappa shape index (κ1) is 18.3. The van der Waals surface area contributed by atoms with Crippen LogP contribution >= 0.6 is 0 Å². The molecule has 1 unspecified atom stereocenters. The number of carbonyl (C=O) groups excluding carboxylic acids is 1. The van der Waals surface area contributed by atoms with Gasteiger partial charge in [-0.2, -0.15) is 4.98 Å². The Morgan fingerprint density at radius 1 is 1.08 bits per heavy atom. The lowest BCUT2D eigenvalue weighted by Gasteiger charge is -2.37. The van der Waals surface area contributed by atoms with E-state index in [1.165, 1.54) is 0 Å². The molecule has 0 aliphatic carbocycles. The number of aromatic nitrogens is 2. The molecular formula is C17H29N5O3. The first-order valence-electron chi connectivity index (χ1n) is 9.20. The van der Waals surface area contributed by atoms with Gasteiger partial charge in [-0.15, -0.1) is 0 Å². The van der Waals surface area contributed by atoms with Gasteiger partial charge in [0.1, 0.15) is 0 Å². The number of morpholine rings is 1. The van der Waals surface area contributed by atoms with Gasteiger partial charge in [0, 0.05) is 45.2 Å². The zero-order valence-electron chi connectivity index (χ0n) is 15.5. The van der Waals surface area contributed by atoms with Crippen molar-refractivity contribution in [1.29, 1.82) is 0 Å². The van der Waals surface area contributed by atoms with E-state index in [1.54, 1.807) is 0 Å². The van der Waals surface area contributed by atoms with Crippen LogP contribution in [0, 0.1) is 0 Å². The van der Waals surface area contributed by atoms with Gasteiger partial charge in [0.25, 0.3) is 0 Å². The Labute approximate surface area is 149 Å². The molecule has 2 saturated heterocycles. The highest BCUT2D eigenvalue weighted by atomic mass is 16.5. The fourth-order valence-corrected chi connectivity index (χ4v) is 3.22. The largest absolute Gasteiger partial charge is 0.378 e. The first-order valence-corrected chi connectivity index (χ1v) is 9.20. The molecular weight excluding hydrogens is 322 g/mol. The van der Waals surface area contributed by atoms with Gasteiger partial charge in [0.15, 0.2) is 5.82 Å². The number of hydrogen-bond acceptors (Lipinski definition) is 7. The van der Waals surface area contributed by atoms with Gasteiger partial charge in [-0.1, -0.05) is 19.0 Å². The van der Waals surface area contributed by atoms with Gasteiger partial charge in [0.2, 0.25) is 11.8 Å². The fraction of sp³-hybridized carbons (Fsp3) is 0.824. The van der Waals surface area contributed by atoms with Gasteiger partial charge in [-0.25, -0.2) is 0 Å². The zero-order valence-corrected chi connectivity index (χ0v) is 15.5. The smallest absolute Gasteiger partial charge is 0.243 e. The van der Waals surface area contributed by atoms with Gasteiger partial charge in [0.05, 0.1) is 25.8 Å². The average Bonchev–Trinajstić information content (AvgIpc) is 3.13. The topological polar surface area (TPSA) is 74.9 Å². The molecule has 3 rings (SSSR count).